The molecule has 4 fully saturated rings. The summed E-state index contributed by atoms with van der Waals surface area (Å²) in [5.41, 5.74) is 0. The minimum absolute atomic E-state index is 0.0684. The maximum Gasteiger partial charge on any atom is 0.303 e. The maximum atomic E-state index is 11.9. The number of carbonyl (C=O) groups is 3. The molecule has 4 aliphatic rings. The Balaban J connectivity index is 1.50. The van der Waals surface area contributed by atoms with Crippen LogP contribution in [0.2, 0.25) is 0 Å². The van der Waals surface area contributed by atoms with Crippen LogP contribution in [0, 0.1) is 0 Å². The van der Waals surface area contributed by atoms with Crippen molar-refractivity contribution >= 4 is 17.9 Å². The van der Waals surface area contributed by atoms with Gasteiger partial charge in [0.15, 0.2) is 42.5 Å². The fourth-order valence-electron chi connectivity index (χ4n) is 4.87. The Bertz CT molecular complexity index is 857. The number of hydrogen-bond donors (Lipinski definition) is 0. The molecule has 0 bridgehead atoms. The standard InChI is InChI=1S/C23H34O13/c1-10(24)29-13-8-27-20(18(31-12(3)26)15(13)30-11(2)25)28-9-14-16-17(34-22(4,5)33-16)19-21(32-14)36-23(6,7)35-19/h13-21H,8-9H2,1-7H3/t13-,14+,15-,16+,17-,18+,19+,20-,21+/m0/s1. The van der Waals surface area contributed by atoms with Gasteiger partial charge in [0, 0.05) is 20.8 Å². The molecular formula is C23H34O13. The molecule has 204 valence electrons. The van der Waals surface area contributed by atoms with Gasteiger partial charge in [-0.2, -0.15) is 0 Å². The highest BCUT2D eigenvalue weighted by Gasteiger charge is 2.61. The van der Waals surface area contributed by atoms with Crippen molar-refractivity contribution in [3.63, 3.8) is 0 Å². The van der Waals surface area contributed by atoms with Crippen molar-refractivity contribution in [2.75, 3.05) is 13.2 Å². The molecule has 36 heavy (non-hydrogen) atoms. The van der Waals surface area contributed by atoms with Crippen LogP contribution in [0.4, 0.5) is 0 Å². The topological polar surface area (TPSA) is 144 Å². The van der Waals surface area contributed by atoms with Crippen molar-refractivity contribution in [1.29, 1.82) is 0 Å². The monoisotopic (exact) mass is 518 g/mol. The number of carbonyl (C=O) groups excluding carboxylic acids is 3. The van der Waals surface area contributed by atoms with E-state index in [2.05, 4.69) is 0 Å². The van der Waals surface area contributed by atoms with Crippen LogP contribution in [0.25, 0.3) is 0 Å². The second-order valence-corrected chi connectivity index (χ2v) is 10.0. The highest BCUT2D eigenvalue weighted by atomic mass is 16.9. The lowest BCUT2D eigenvalue weighted by Gasteiger charge is -2.41. The van der Waals surface area contributed by atoms with E-state index in [1.807, 2.05) is 0 Å². The summed E-state index contributed by atoms with van der Waals surface area (Å²) in [5, 5.41) is 0. The lowest BCUT2D eigenvalue weighted by Crippen LogP contribution is -2.60. The molecule has 0 radical (unpaired) electrons. The predicted molar refractivity (Wildman–Crippen MR) is 115 cm³/mol. The number of fused-ring (bicyclic) bond motifs is 3. The average molecular weight is 519 g/mol. The third-order valence-electron chi connectivity index (χ3n) is 5.98. The quantitative estimate of drug-likeness (QED) is 0.357. The highest BCUT2D eigenvalue weighted by molar-refractivity contribution is 5.68. The second kappa shape index (κ2) is 10.1. The summed E-state index contributed by atoms with van der Waals surface area (Å²) in [6.45, 7) is 10.5. The molecule has 0 spiro atoms. The van der Waals surface area contributed by atoms with E-state index >= 15 is 0 Å². The van der Waals surface area contributed by atoms with Crippen molar-refractivity contribution in [2.45, 2.75) is 115 Å². The summed E-state index contributed by atoms with van der Waals surface area (Å²) in [5.74, 6) is -3.69. The molecule has 0 N–H and O–H groups in total. The fourth-order valence-corrected chi connectivity index (χ4v) is 4.87. The Morgan fingerprint density at radius 2 is 1.31 bits per heavy atom. The Kier molecular flexibility index (Phi) is 7.64. The van der Waals surface area contributed by atoms with Crippen LogP contribution in [-0.4, -0.2) is 98.0 Å². The minimum atomic E-state index is -1.21. The number of hydrogen-bond acceptors (Lipinski definition) is 13. The van der Waals surface area contributed by atoms with Gasteiger partial charge in [-0.3, -0.25) is 14.4 Å². The lowest BCUT2D eigenvalue weighted by atomic mass is 9.99. The van der Waals surface area contributed by atoms with Crippen LogP contribution < -0.4 is 0 Å². The van der Waals surface area contributed by atoms with Gasteiger partial charge < -0.3 is 47.4 Å². The first kappa shape index (κ1) is 27.2. The van der Waals surface area contributed by atoms with E-state index < -0.39 is 84.8 Å². The molecule has 13 nitrogen and oxygen atoms in total. The lowest BCUT2D eigenvalue weighted by molar-refractivity contribution is -0.298. The summed E-state index contributed by atoms with van der Waals surface area (Å²) in [6.07, 6.45) is -7.40. The normalized spacial score (nSPS) is 40.6. The minimum Gasteiger partial charge on any atom is -0.456 e. The molecule has 4 saturated heterocycles. The number of rotatable bonds is 6. The van der Waals surface area contributed by atoms with Gasteiger partial charge in [-0.25, -0.2) is 0 Å². The van der Waals surface area contributed by atoms with E-state index in [1.165, 1.54) is 20.8 Å². The average Bonchev–Trinajstić information content (AvgIpc) is 3.22. The molecule has 4 heterocycles. The van der Waals surface area contributed by atoms with Gasteiger partial charge in [0.1, 0.15) is 24.4 Å². The summed E-state index contributed by atoms with van der Waals surface area (Å²) >= 11 is 0. The highest BCUT2D eigenvalue weighted by Crippen LogP contribution is 2.44. The predicted octanol–water partition coefficient (Wildman–Crippen LogP) is 0.551. The zero-order valence-electron chi connectivity index (χ0n) is 21.4. The number of esters is 3. The van der Waals surface area contributed by atoms with Gasteiger partial charge in [0.25, 0.3) is 0 Å². The SMILES string of the molecule is CC(=O)O[C@@H]1[C@@H](OC(C)=O)[C@H](OC[C@H]2O[C@@H]3OC(C)(C)O[C@@H]3[C@H]3OC(C)(C)O[C@@H]32)OC[C@@H]1OC(C)=O. The Hall–Kier alpha value is -1.87. The molecule has 0 aromatic heterocycles. The fraction of sp³-hybridized carbons (Fsp3) is 0.870. The van der Waals surface area contributed by atoms with Gasteiger partial charge in [-0.1, -0.05) is 0 Å². The van der Waals surface area contributed by atoms with E-state index in [1.54, 1.807) is 27.7 Å². The Morgan fingerprint density at radius 3 is 1.94 bits per heavy atom. The van der Waals surface area contributed by atoms with Gasteiger partial charge in [-0.15, -0.1) is 0 Å². The Morgan fingerprint density at radius 1 is 0.750 bits per heavy atom. The van der Waals surface area contributed by atoms with E-state index in [-0.39, 0.29) is 13.2 Å². The van der Waals surface area contributed by atoms with Crippen molar-refractivity contribution in [3.05, 3.63) is 0 Å². The van der Waals surface area contributed by atoms with Crippen LogP contribution in [0.5, 0.6) is 0 Å². The van der Waals surface area contributed by atoms with Crippen LogP contribution in [0.15, 0.2) is 0 Å². The van der Waals surface area contributed by atoms with Crippen molar-refractivity contribution in [1.82, 2.24) is 0 Å². The van der Waals surface area contributed by atoms with Gasteiger partial charge in [0.05, 0.1) is 13.2 Å². The molecule has 0 unspecified atom stereocenters. The largest absolute Gasteiger partial charge is 0.456 e. The molecule has 9 atom stereocenters. The zero-order chi connectivity index (χ0) is 26.4. The van der Waals surface area contributed by atoms with Crippen LogP contribution >= 0.6 is 0 Å². The summed E-state index contributed by atoms with van der Waals surface area (Å²) in [4.78, 5) is 35.2. The summed E-state index contributed by atoms with van der Waals surface area (Å²) in [7, 11) is 0. The van der Waals surface area contributed by atoms with Crippen molar-refractivity contribution in [2.24, 2.45) is 0 Å². The van der Waals surface area contributed by atoms with Crippen molar-refractivity contribution in [3.8, 4) is 0 Å². The molecular weight excluding hydrogens is 484 g/mol. The second-order valence-electron chi connectivity index (χ2n) is 10.0. The molecule has 4 aliphatic heterocycles. The molecule has 4 rings (SSSR count). The van der Waals surface area contributed by atoms with E-state index in [9.17, 15) is 14.4 Å². The van der Waals surface area contributed by atoms with E-state index in [0.29, 0.717) is 0 Å². The summed E-state index contributed by atoms with van der Waals surface area (Å²) < 4.78 is 57.9. The first-order valence-electron chi connectivity index (χ1n) is 11.9. The molecule has 13 heteroatoms. The molecule has 0 aromatic carbocycles. The summed E-state index contributed by atoms with van der Waals surface area (Å²) in [6, 6.07) is 0. The first-order chi connectivity index (χ1) is 16.7. The third kappa shape index (κ3) is 5.98. The van der Waals surface area contributed by atoms with Crippen LogP contribution in [-0.2, 0) is 61.8 Å². The van der Waals surface area contributed by atoms with Crippen LogP contribution in [0.3, 0.4) is 0 Å². The van der Waals surface area contributed by atoms with E-state index in [4.69, 9.17) is 47.4 Å². The van der Waals surface area contributed by atoms with Crippen LogP contribution in [0.1, 0.15) is 48.5 Å². The maximum absolute atomic E-state index is 11.9. The molecule has 0 aromatic rings. The zero-order valence-corrected chi connectivity index (χ0v) is 21.4. The third-order valence-corrected chi connectivity index (χ3v) is 5.98. The Labute approximate surface area is 208 Å². The van der Waals surface area contributed by atoms with Crippen molar-refractivity contribution < 1.29 is 61.8 Å². The molecule has 0 aliphatic carbocycles. The van der Waals surface area contributed by atoms with E-state index in [0.717, 1.165) is 0 Å². The smallest absolute Gasteiger partial charge is 0.303 e. The first-order valence-corrected chi connectivity index (χ1v) is 11.9. The van der Waals surface area contributed by atoms with Gasteiger partial charge >= 0.3 is 17.9 Å². The van der Waals surface area contributed by atoms with Gasteiger partial charge in [-0.05, 0) is 27.7 Å². The van der Waals surface area contributed by atoms with Gasteiger partial charge in [0.2, 0.25) is 0 Å². The molecule has 0 amide bonds. The number of ether oxygens (including phenoxy) is 10. The molecule has 0 saturated carbocycles.